The topological polar surface area (TPSA) is 84.3 Å². The van der Waals surface area contributed by atoms with E-state index in [0.717, 1.165) is 31.5 Å². The number of nitrogens with one attached hydrogen (secondary N) is 2. The van der Waals surface area contributed by atoms with Crippen molar-refractivity contribution >= 4 is 11.6 Å². The first-order valence-electron chi connectivity index (χ1n) is 7.30. The normalized spacial score (nSPS) is 19.8. The van der Waals surface area contributed by atoms with Gasteiger partial charge >= 0.3 is 0 Å². The summed E-state index contributed by atoms with van der Waals surface area (Å²) in [7, 11) is 0. The van der Waals surface area contributed by atoms with Crippen LogP contribution in [-0.2, 0) is 4.79 Å². The molecule has 1 fully saturated rings. The molecule has 1 aliphatic heterocycles. The number of piperidine rings is 1. The summed E-state index contributed by atoms with van der Waals surface area (Å²) in [5.74, 6) is 0.388. The van der Waals surface area contributed by atoms with Crippen molar-refractivity contribution in [2.75, 3.05) is 13.1 Å². The van der Waals surface area contributed by atoms with Crippen LogP contribution >= 0.6 is 0 Å². The molecule has 0 aliphatic carbocycles. The molecule has 21 heavy (non-hydrogen) atoms. The summed E-state index contributed by atoms with van der Waals surface area (Å²) in [6, 6.07) is 6.16. The van der Waals surface area contributed by atoms with Gasteiger partial charge in [0.15, 0.2) is 0 Å². The quantitative estimate of drug-likeness (QED) is 0.643. The summed E-state index contributed by atoms with van der Waals surface area (Å²) >= 11 is 0. The summed E-state index contributed by atoms with van der Waals surface area (Å²) in [6.07, 6.45) is 2.69. The minimum absolute atomic E-state index is 0.00251. The van der Waals surface area contributed by atoms with Gasteiger partial charge in [-0.15, -0.1) is 0 Å². The molecule has 1 saturated heterocycles. The number of rotatable bonds is 5. The van der Waals surface area contributed by atoms with Crippen LogP contribution in [0.25, 0.3) is 0 Å². The number of benzene rings is 1. The second-order valence-electron chi connectivity index (χ2n) is 5.56. The molecular weight excluding hydrogens is 270 g/mol. The molecule has 0 spiro atoms. The van der Waals surface area contributed by atoms with Crippen molar-refractivity contribution in [2.45, 2.75) is 32.2 Å². The van der Waals surface area contributed by atoms with Crippen LogP contribution in [0.15, 0.2) is 24.3 Å². The third-order valence-corrected chi connectivity index (χ3v) is 3.83. The van der Waals surface area contributed by atoms with E-state index in [0.29, 0.717) is 12.3 Å². The van der Waals surface area contributed by atoms with E-state index < -0.39 is 4.92 Å². The second kappa shape index (κ2) is 7.17. The van der Waals surface area contributed by atoms with E-state index in [-0.39, 0.29) is 17.6 Å². The molecule has 1 aromatic carbocycles. The molecule has 2 rings (SSSR count). The number of non-ortho nitro benzene ring substituents is 1. The van der Waals surface area contributed by atoms with Gasteiger partial charge in [0, 0.05) is 18.6 Å². The zero-order chi connectivity index (χ0) is 15.2. The molecule has 1 amide bonds. The highest BCUT2D eigenvalue weighted by atomic mass is 16.6. The fourth-order valence-electron chi connectivity index (χ4n) is 2.65. The Hall–Kier alpha value is -1.95. The van der Waals surface area contributed by atoms with Crippen LogP contribution in [0, 0.1) is 16.0 Å². The molecule has 6 heteroatoms. The lowest BCUT2D eigenvalue weighted by Gasteiger charge is -2.23. The van der Waals surface area contributed by atoms with Crippen LogP contribution in [-0.4, -0.2) is 23.9 Å². The Morgan fingerprint density at radius 3 is 3.05 bits per heavy atom. The van der Waals surface area contributed by atoms with E-state index in [1.165, 1.54) is 12.1 Å². The van der Waals surface area contributed by atoms with Gasteiger partial charge in [-0.25, -0.2) is 0 Å². The van der Waals surface area contributed by atoms with E-state index in [9.17, 15) is 14.9 Å². The largest absolute Gasteiger partial charge is 0.350 e. The number of amides is 1. The number of carbonyl (C=O) groups excluding carboxylic acids is 1. The highest BCUT2D eigenvalue weighted by molar-refractivity contribution is 5.76. The van der Waals surface area contributed by atoms with Gasteiger partial charge in [-0.2, -0.15) is 0 Å². The van der Waals surface area contributed by atoms with Crippen molar-refractivity contribution in [3.8, 4) is 0 Å². The van der Waals surface area contributed by atoms with Gasteiger partial charge in [-0.05, 0) is 44.3 Å². The molecule has 0 aromatic heterocycles. The SMILES string of the molecule is CC(NC(=O)CC1CCCNC1)c1cccc([N+](=O)[O-])c1. The van der Waals surface area contributed by atoms with Crippen LogP contribution in [0.1, 0.15) is 37.8 Å². The number of nitro groups is 1. The van der Waals surface area contributed by atoms with Crippen LogP contribution in [0.3, 0.4) is 0 Å². The Morgan fingerprint density at radius 1 is 1.57 bits per heavy atom. The number of carbonyl (C=O) groups is 1. The van der Waals surface area contributed by atoms with Crippen LogP contribution in [0.5, 0.6) is 0 Å². The predicted octanol–water partition coefficient (Wildman–Crippen LogP) is 2.16. The summed E-state index contributed by atoms with van der Waals surface area (Å²) < 4.78 is 0. The van der Waals surface area contributed by atoms with Crippen LogP contribution in [0.4, 0.5) is 5.69 Å². The molecular formula is C15H21N3O3. The van der Waals surface area contributed by atoms with Crippen LogP contribution in [0.2, 0.25) is 0 Å². The number of hydrogen-bond acceptors (Lipinski definition) is 4. The van der Waals surface area contributed by atoms with Gasteiger partial charge in [-0.3, -0.25) is 14.9 Å². The number of nitrogens with zero attached hydrogens (tertiary/aromatic N) is 1. The Morgan fingerprint density at radius 2 is 2.38 bits per heavy atom. The van der Waals surface area contributed by atoms with Crippen molar-refractivity contribution in [1.29, 1.82) is 0 Å². The lowest BCUT2D eigenvalue weighted by Crippen LogP contribution is -2.35. The van der Waals surface area contributed by atoms with Crippen molar-refractivity contribution in [3.05, 3.63) is 39.9 Å². The Balaban J connectivity index is 1.90. The second-order valence-corrected chi connectivity index (χ2v) is 5.56. The molecule has 6 nitrogen and oxygen atoms in total. The fourth-order valence-corrected chi connectivity index (χ4v) is 2.65. The first-order chi connectivity index (χ1) is 10.1. The first-order valence-corrected chi connectivity index (χ1v) is 7.30. The summed E-state index contributed by atoms with van der Waals surface area (Å²) in [4.78, 5) is 22.4. The Kier molecular flexibility index (Phi) is 5.27. The maximum atomic E-state index is 12.0. The van der Waals surface area contributed by atoms with Crippen molar-refractivity contribution in [2.24, 2.45) is 5.92 Å². The minimum atomic E-state index is -0.425. The van der Waals surface area contributed by atoms with E-state index in [4.69, 9.17) is 0 Å². The van der Waals surface area contributed by atoms with Gasteiger partial charge in [0.2, 0.25) is 5.91 Å². The summed E-state index contributed by atoms with van der Waals surface area (Å²) in [5, 5.41) is 17.0. The summed E-state index contributed by atoms with van der Waals surface area (Å²) in [6.45, 7) is 3.76. The molecule has 2 unspecified atom stereocenters. The lowest BCUT2D eigenvalue weighted by atomic mass is 9.95. The van der Waals surface area contributed by atoms with Crippen molar-refractivity contribution in [3.63, 3.8) is 0 Å². The molecule has 1 aliphatic rings. The van der Waals surface area contributed by atoms with E-state index >= 15 is 0 Å². The number of hydrogen-bond donors (Lipinski definition) is 2. The van der Waals surface area contributed by atoms with E-state index in [1.807, 2.05) is 6.92 Å². The molecule has 2 N–H and O–H groups in total. The third-order valence-electron chi connectivity index (χ3n) is 3.83. The average Bonchev–Trinajstić information content (AvgIpc) is 2.48. The minimum Gasteiger partial charge on any atom is -0.350 e. The van der Waals surface area contributed by atoms with E-state index in [1.54, 1.807) is 12.1 Å². The van der Waals surface area contributed by atoms with Crippen molar-refractivity contribution < 1.29 is 9.72 Å². The predicted molar refractivity (Wildman–Crippen MR) is 79.9 cm³/mol. The summed E-state index contributed by atoms with van der Waals surface area (Å²) in [5.41, 5.74) is 0.796. The molecule has 2 atom stereocenters. The third kappa shape index (κ3) is 4.53. The molecule has 114 valence electrons. The Labute approximate surface area is 124 Å². The van der Waals surface area contributed by atoms with E-state index in [2.05, 4.69) is 10.6 Å². The highest BCUT2D eigenvalue weighted by Gasteiger charge is 2.18. The van der Waals surface area contributed by atoms with Gasteiger partial charge in [-0.1, -0.05) is 12.1 Å². The standard InChI is InChI=1S/C15H21N3O3/c1-11(13-5-2-6-14(9-13)18(20)21)17-15(19)8-12-4-3-7-16-10-12/h2,5-6,9,11-12,16H,3-4,7-8,10H2,1H3,(H,17,19). The zero-order valence-electron chi connectivity index (χ0n) is 12.2. The van der Waals surface area contributed by atoms with Gasteiger partial charge in [0.25, 0.3) is 5.69 Å². The lowest BCUT2D eigenvalue weighted by molar-refractivity contribution is -0.384. The molecule has 1 aromatic rings. The number of nitro benzene ring substituents is 1. The fraction of sp³-hybridized carbons (Fsp3) is 0.533. The maximum Gasteiger partial charge on any atom is 0.269 e. The van der Waals surface area contributed by atoms with Crippen molar-refractivity contribution in [1.82, 2.24) is 10.6 Å². The van der Waals surface area contributed by atoms with Crippen LogP contribution < -0.4 is 10.6 Å². The highest BCUT2D eigenvalue weighted by Crippen LogP contribution is 2.20. The smallest absolute Gasteiger partial charge is 0.269 e. The Bertz CT molecular complexity index is 513. The molecule has 1 heterocycles. The average molecular weight is 291 g/mol. The first kappa shape index (κ1) is 15.4. The monoisotopic (exact) mass is 291 g/mol. The maximum absolute atomic E-state index is 12.0. The van der Waals surface area contributed by atoms with Gasteiger partial charge in [0.05, 0.1) is 11.0 Å². The molecule has 0 bridgehead atoms. The van der Waals surface area contributed by atoms with Gasteiger partial charge in [0.1, 0.15) is 0 Å². The molecule has 0 radical (unpaired) electrons. The molecule has 0 saturated carbocycles. The van der Waals surface area contributed by atoms with Gasteiger partial charge < -0.3 is 10.6 Å². The zero-order valence-corrected chi connectivity index (χ0v) is 12.2.